The van der Waals surface area contributed by atoms with E-state index in [-0.39, 0.29) is 17.9 Å². The van der Waals surface area contributed by atoms with Crippen molar-refractivity contribution in [3.8, 4) is 5.75 Å². The molecule has 1 aliphatic heterocycles. The summed E-state index contributed by atoms with van der Waals surface area (Å²) < 4.78 is 5.21. The number of ether oxygens (including phenoxy) is 1. The van der Waals surface area contributed by atoms with Gasteiger partial charge in [0.1, 0.15) is 5.75 Å². The first-order valence-corrected chi connectivity index (χ1v) is 9.25. The van der Waals surface area contributed by atoms with Crippen molar-refractivity contribution in [3.63, 3.8) is 0 Å². The maximum atomic E-state index is 12.9. The number of hydrogen-bond acceptors (Lipinski definition) is 3. The molecule has 0 radical (unpaired) electrons. The third-order valence-corrected chi connectivity index (χ3v) is 5.35. The van der Waals surface area contributed by atoms with E-state index in [4.69, 9.17) is 4.74 Å². The Morgan fingerprint density at radius 2 is 1.81 bits per heavy atom. The van der Waals surface area contributed by atoms with Crippen LogP contribution in [-0.4, -0.2) is 49.5 Å². The van der Waals surface area contributed by atoms with Gasteiger partial charge in [-0.1, -0.05) is 49.4 Å². The second kappa shape index (κ2) is 8.37. The normalized spacial score (nSPS) is 19.2. The predicted octanol–water partition coefficient (Wildman–Crippen LogP) is 3.70. The minimum absolute atomic E-state index is 0.197. The third-order valence-electron chi connectivity index (χ3n) is 5.35. The van der Waals surface area contributed by atoms with Crippen molar-refractivity contribution < 1.29 is 9.53 Å². The van der Waals surface area contributed by atoms with Crippen LogP contribution in [0.5, 0.6) is 5.75 Å². The van der Waals surface area contributed by atoms with E-state index < -0.39 is 0 Å². The van der Waals surface area contributed by atoms with Gasteiger partial charge in [-0.2, -0.15) is 0 Å². The lowest BCUT2D eigenvalue weighted by molar-refractivity contribution is -0.134. The maximum absolute atomic E-state index is 12.9. The van der Waals surface area contributed by atoms with Crippen LogP contribution >= 0.6 is 0 Å². The fourth-order valence-electron chi connectivity index (χ4n) is 3.58. The number of benzene rings is 2. The van der Waals surface area contributed by atoms with Gasteiger partial charge in [0.2, 0.25) is 5.91 Å². The van der Waals surface area contributed by atoms with Gasteiger partial charge in [0.25, 0.3) is 0 Å². The van der Waals surface area contributed by atoms with E-state index in [1.165, 1.54) is 11.1 Å². The molecule has 2 aromatic rings. The molecular formula is C22H28N2O2. The molecule has 0 aliphatic carbocycles. The first kappa shape index (κ1) is 18.5. The third kappa shape index (κ3) is 4.25. The van der Waals surface area contributed by atoms with Gasteiger partial charge in [0, 0.05) is 26.1 Å². The fourth-order valence-corrected chi connectivity index (χ4v) is 3.58. The minimum Gasteiger partial charge on any atom is -0.497 e. The van der Waals surface area contributed by atoms with Gasteiger partial charge in [0.05, 0.1) is 13.2 Å². The molecule has 3 rings (SSSR count). The standard InChI is InChI=1S/C22H28N2O2/c1-17(18-9-11-20(26-3)12-10-18)15-22(25)24-14-13-23(2)21(16-24)19-7-5-4-6-8-19/h4-12,17,21H,13-16H2,1-3H3. The van der Waals surface area contributed by atoms with E-state index in [2.05, 4.69) is 43.1 Å². The summed E-state index contributed by atoms with van der Waals surface area (Å²) in [6, 6.07) is 18.7. The molecule has 4 nitrogen and oxygen atoms in total. The van der Waals surface area contributed by atoms with Gasteiger partial charge in [0.15, 0.2) is 0 Å². The number of nitrogens with zero attached hydrogens (tertiary/aromatic N) is 2. The van der Waals surface area contributed by atoms with Crippen molar-refractivity contribution in [2.24, 2.45) is 0 Å². The van der Waals surface area contributed by atoms with Crippen LogP contribution < -0.4 is 4.74 Å². The van der Waals surface area contributed by atoms with Crippen LogP contribution in [0, 0.1) is 0 Å². The number of hydrogen-bond donors (Lipinski definition) is 0. The molecule has 1 aliphatic rings. The Morgan fingerprint density at radius 1 is 1.12 bits per heavy atom. The summed E-state index contributed by atoms with van der Waals surface area (Å²) in [4.78, 5) is 17.2. The largest absolute Gasteiger partial charge is 0.497 e. The number of likely N-dealkylation sites (N-methyl/N-ethyl adjacent to an activating group) is 1. The van der Waals surface area contributed by atoms with Crippen molar-refractivity contribution in [2.45, 2.75) is 25.3 Å². The predicted molar refractivity (Wildman–Crippen MR) is 104 cm³/mol. The van der Waals surface area contributed by atoms with E-state index in [9.17, 15) is 4.79 Å². The highest BCUT2D eigenvalue weighted by Gasteiger charge is 2.28. The Hall–Kier alpha value is -2.33. The number of rotatable bonds is 5. The SMILES string of the molecule is COc1ccc(C(C)CC(=O)N2CCN(C)C(c3ccccc3)C2)cc1. The summed E-state index contributed by atoms with van der Waals surface area (Å²) in [6.07, 6.45) is 0.539. The summed E-state index contributed by atoms with van der Waals surface area (Å²) in [5.41, 5.74) is 2.45. The van der Waals surface area contributed by atoms with Crippen molar-refractivity contribution in [1.82, 2.24) is 9.80 Å². The molecule has 0 spiro atoms. The van der Waals surface area contributed by atoms with Gasteiger partial charge in [-0.15, -0.1) is 0 Å². The molecule has 2 atom stereocenters. The monoisotopic (exact) mass is 352 g/mol. The zero-order valence-electron chi connectivity index (χ0n) is 15.9. The first-order valence-electron chi connectivity index (χ1n) is 9.25. The lowest BCUT2D eigenvalue weighted by Crippen LogP contribution is -2.49. The van der Waals surface area contributed by atoms with Crippen LogP contribution in [-0.2, 0) is 4.79 Å². The highest BCUT2D eigenvalue weighted by atomic mass is 16.5. The molecule has 1 saturated heterocycles. The van der Waals surface area contributed by atoms with Gasteiger partial charge in [-0.25, -0.2) is 0 Å². The fraction of sp³-hybridized carbons (Fsp3) is 0.409. The molecule has 0 N–H and O–H groups in total. The van der Waals surface area contributed by atoms with Crippen LogP contribution in [0.3, 0.4) is 0 Å². The molecule has 4 heteroatoms. The summed E-state index contributed by atoms with van der Waals surface area (Å²) in [6.45, 7) is 4.58. The maximum Gasteiger partial charge on any atom is 0.223 e. The molecule has 1 heterocycles. The van der Waals surface area contributed by atoms with Crippen LogP contribution in [0.25, 0.3) is 0 Å². The molecule has 0 bridgehead atoms. The molecule has 2 unspecified atom stereocenters. The average molecular weight is 352 g/mol. The van der Waals surface area contributed by atoms with Gasteiger partial charge in [-0.3, -0.25) is 9.69 Å². The van der Waals surface area contributed by atoms with Crippen molar-refractivity contribution in [1.29, 1.82) is 0 Å². The lowest BCUT2D eigenvalue weighted by Gasteiger charge is -2.40. The summed E-state index contributed by atoms with van der Waals surface area (Å²) >= 11 is 0. The molecule has 1 fully saturated rings. The van der Waals surface area contributed by atoms with E-state index in [1.54, 1.807) is 7.11 Å². The Morgan fingerprint density at radius 3 is 2.46 bits per heavy atom. The molecule has 0 aromatic heterocycles. The topological polar surface area (TPSA) is 32.8 Å². The summed E-state index contributed by atoms with van der Waals surface area (Å²) in [5, 5.41) is 0. The van der Waals surface area contributed by atoms with Gasteiger partial charge >= 0.3 is 0 Å². The van der Waals surface area contributed by atoms with Crippen molar-refractivity contribution in [3.05, 3.63) is 65.7 Å². The van der Waals surface area contributed by atoms with Crippen LogP contribution in [0.2, 0.25) is 0 Å². The van der Waals surface area contributed by atoms with E-state index >= 15 is 0 Å². The Labute approximate surface area is 156 Å². The second-order valence-electron chi connectivity index (χ2n) is 7.13. The number of amides is 1. The summed E-state index contributed by atoms with van der Waals surface area (Å²) in [7, 11) is 3.80. The number of carbonyl (C=O) groups is 1. The Balaban J connectivity index is 1.63. The Kier molecular flexibility index (Phi) is 5.94. The number of piperazine rings is 1. The quantitative estimate of drug-likeness (QED) is 0.822. The van der Waals surface area contributed by atoms with E-state index in [0.29, 0.717) is 6.42 Å². The zero-order chi connectivity index (χ0) is 18.5. The average Bonchev–Trinajstić information content (AvgIpc) is 2.69. The van der Waals surface area contributed by atoms with Crippen molar-refractivity contribution in [2.75, 3.05) is 33.8 Å². The highest BCUT2D eigenvalue weighted by Crippen LogP contribution is 2.27. The van der Waals surface area contributed by atoms with Crippen LogP contribution in [0.4, 0.5) is 0 Å². The lowest BCUT2D eigenvalue weighted by atomic mass is 9.96. The first-order chi connectivity index (χ1) is 12.6. The number of methoxy groups -OCH3 is 1. The van der Waals surface area contributed by atoms with Crippen LogP contribution in [0.1, 0.15) is 36.4 Å². The molecule has 0 saturated carbocycles. The smallest absolute Gasteiger partial charge is 0.223 e. The number of carbonyl (C=O) groups excluding carboxylic acids is 1. The van der Waals surface area contributed by atoms with Gasteiger partial charge in [-0.05, 0) is 36.2 Å². The van der Waals surface area contributed by atoms with Crippen molar-refractivity contribution >= 4 is 5.91 Å². The molecular weight excluding hydrogens is 324 g/mol. The molecule has 2 aromatic carbocycles. The van der Waals surface area contributed by atoms with Gasteiger partial charge < -0.3 is 9.64 Å². The second-order valence-corrected chi connectivity index (χ2v) is 7.13. The highest BCUT2D eigenvalue weighted by molar-refractivity contribution is 5.77. The molecule has 26 heavy (non-hydrogen) atoms. The summed E-state index contributed by atoms with van der Waals surface area (Å²) in [5.74, 6) is 1.28. The minimum atomic E-state index is 0.197. The van der Waals surface area contributed by atoms with E-state index in [0.717, 1.165) is 25.4 Å². The molecule has 138 valence electrons. The van der Waals surface area contributed by atoms with E-state index in [1.807, 2.05) is 35.2 Å². The zero-order valence-corrected chi connectivity index (χ0v) is 15.9. The molecule has 1 amide bonds. The Bertz CT molecular complexity index is 715. The van der Waals surface area contributed by atoms with Crippen LogP contribution in [0.15, 0.2) is 54.6 Å².